The van der Waals surface area contributed by atoms with Gasteiger partial charge in [0.2, 0.25) is 0 Å². The predicted octanol–water partition coefficient (Wildman–Crippen LogP) is 3.30. The first-order chi connectivity index (χ1) is 8.57. The topological polar surface area (TPSA) is 37.4 Å². The van der Waals surface area contributed by atoms with Crippen LogP contribution in [0.4, 0.5) is 0 Å². The monoisotopic (exact) mass is 307 g/mol. The molecule has 0 radical (unpaired) electrons. The Bertz CT molecular complexity index is 498. The lowest BCUT2D eigenvalue weighted by molar-refractivity contribution is 0.262. The number of piperidine rings is 1. The molecule has 3 nitrogen and oxygen atoms in total. The van der Waals surface area contributed by atoms with Gasteiger partial charge in [-0.25, -0.2) is 8.42 Å². The highest BCUT2D eigenvalue weighted by Crippen LogP contribution is 2.29. The van der Waals surface area contributed by atoms with Crippen LogP contribution in [0.25, 0.3) is 0 Å². The van der Waals surface area contributed by atoms with Crippen LogP contribution in [-0.2, 0) is 15.9 Å². The Hall–Kier alpha value is -0.100. The first-order valence-electron chi connectivity index (χ1n) is 6.21. The molecule has 6 heteroatoms. The van der Waals surface area contributed by atoms with Crippen molar-refractivity contribution in [2.75, 3.05) is 13.1 Å². The third-order valence-corrected chi connectivity index (χ3v) is 7.07. The fraction of sp³-hybridized carbons (Fsp3) is 0.667. The number of rotatable bonds is 4. The Balaban J connectivity index is 2.19. The zero-order chi connectivity index (χ0) is 13.2. The van der Waals surface area contributed by atoms with E-state index in [1.807, 2.05) is 5.38 Å². The van der Waals surface area contributed by atoms with Gasteiger partial charge in [0, 0.05) is 19.0 Å². The molecule has 1 unspecified atom stereocenters. The number of hydrogen-bond donors (Lipinski definition) is 0. The van der Waals surface area contributed by atoms with Crippen molar-refractivity contribution in [1.29, 1.82) is 0 Å². The molecule has 1 aromatic heterocycles. The Morgan fingerprint density at radius 2 is 2.33 bits per heavy atom. The summed E-state index contributed by atoms with van der Waals surface area (Å²) in [4.78, 5) is 0. The standard InChI is InChI=1S/C12H18ClNO2S2/c1-2-10-4-3-5-14(8-10)18(15,16)12-6-11(7-13)9-17-12/h6,9-10H,2-5,7-8H2,1H3. The second kappa shape index (κ2) is 5.90. The second-order valence-electron chi connectivity index (χ2n) is 4.69. The molecule has 2 heterocycles. The number of hydrogen-bond acceptors (Lipinski definition) is 3. The Morgan fingerprint density at radius 1 is 1.56 bits per heavy atom. The molecule has 0 aliphatic carbocycles. The van der Waals surface area contributed by atoms with Crippen molar-refractivity contribution in [1.82, 2.24) is 4.31 Å². The summed E-state index contributed by atoms with van der Waals surface area (Å²) in [6.07, 6.45) is 3.15. The highest BCUT2D eigenvalue weighted by atomic mass is 35.5. The first kappa shape index (κ1) is 14.3. The molecule has 2 rings (SSSR count). The van der Waals surface area contributed by atoms with Gasteiger partial charge in [-0.1, -0.05) is 13.3 Å². The first-order valence-corrected chi connectivity index (χ1v) is 9.07. The van der Waals surface area contributed by atoms with Crippen molar-refractivity contribution < 1.29 is 8.42 Å². The van der Waals surface area contributed by atoms with Gasteiger partial charge in [-0.3, -0.25) is 0 Å². The van der Waals surface area contributed by atoms with Crippen LogP contribution in [0.3, 0.4) is 0 Å². The fourth-order valence-corrected chi connectivity index (χ4v) is 5.43. The van der Waals surface area contributed by atoms with Crippen LogP contribution in [0.5, 0.6) is 0 Å². The van der Waals surface area contributed by atoms with Gasteiger partial charge in [0.05, 0.1) is 0 Å². The number of nitrogens with zero attached hydrogens (tertiary/aromatic N) is 1. The Labute approximate surface area is 118 Å². The molecule has 1 fully saturated rings. The number of alkyl halides is 1. The van der Waals surface area contributed by atoms with Crippen LogP contribution in [0.1, 0.15) is 31.7 Å². The van der Waals surface area contributed by atoms with Crippen LogP contribution in [0.2, 0.25) is 0 Å². The molecule has 0 N–H and O–H groups in total. The molecule has 1 saturated heterocycles. The molecular weight excluding hydrogens is 290 g/mol. The van der Waals surface area contributed by atoms with Gasteiger partial charge in [-0.2, -0.15) is 4.31 Å². The van der Waals surface area contributed by atoms with Gasteiger partial charge in [-0.05, 0) is 35.8 Å². The van der Waals surface area contributed by atoms with E-state index >= 15 is 0 Å². The zero-order valence-electron chi connectivity index (χ0n) is 10.4. The van der Waals surface area contributed by atoms with E-state index in [0.29, 0.717) is 29.1 Å². The molecule has 0 saturated carbocycles. The lowest BCUT2D eigenvalue weighted by atomic mass is 9.97. The van der Waals surface area contributed by atoms with Crippen LogP contribution < -0.4 is 0 Å². The third-order valence-electron chi connectivity index (χ3n) is 3.44. The third kappa shape index (κ3) is 2.90. The zero-order valence-corrected chi connectivity index (χ0v) is 12.8. The quantitative estimate of drug-likeness (QED) is 0.800. The largest absolute Gasteiger partial charge is 0.252 e. The van der Waals surface area contributed by atoms with Gasteiger partial charge < -0.3 is 0 Å². The summed E-state index contributed by atoms with van der Waals surface area (Å²) in [5.74, 6) is 0.866. The molecule has 1 aliphatic rings. The summed E-state index contributed by atoms with van der Waals surface area (Å²) < 4.78 is 27.0. The van der Waals surface area contributed by atoms with E-state index < -0.39 is 10.0 Å². The fourth-order valence-electron chi connectivity index (χ4n) is 2.26. The summed E-state index contributed by atoms with van der Waals surface area (Å²) in [6, 6.07) is 1.70. The number of halogens is 1. The Morgan fingerprint density at radius 3 is 2.94 bits per heavy atom. The summed E-state index contributed by atoms with van der Waals surface area (Å²) in [7, 11) is -3.30. The van der Waals surface area contributed by atoms with E-state index in [4.69, 9.17) is 11.6 Å². The lowest BCUT2D eigenvalue weighted by Crippen LogP contribution is -2.39. The molecule has 0 bridgehead atoms. The summed E-state index contributed by atoms with van der Waals surface area (Å²) in [5.41, 5.74) is 0.879. The summed E-state index contributed by atoms with van der Waals surface area (Å²) in [6.45, 7) is 3.43. The van der Waals surface area contributed by atoms with E-state index in [9.17, 15) is 8.42 Å². The van der Waals surface area contributed by atoms with Crippen LogP contribution >= 0.6 is 22.9 Å². The summed E-state index contributed by atoms with van der Waals surface area (Å²) >= 11 is 6.99. The molecule has 0 amide bonds. The Kier molecular flexibility index (Phi) is 4.69. The van der Waals surface area contributed by atoms with Crippen LogP contribution in [0, 0.1) is 5.92 Å². The smallest absolute Gasteiger partial charge is 0.206 e. The van der Waals surface area contributed by atoms with Gasteiger partial charge in [0.25, 0.3) is 10.0 Å². The van der Waals surface area contributed by atoms with E-state index in [0.717, 1.165) is 24.8 Å². The van der Waals surface area contributed by atoms with E-state index in [-0.39, 0.29) is 0 Å². The number of sulfonamides is 1. The minimum Gasteiger partial charge on any atom is -0.206 e. The number of thiophene rings is 1. The van der Waals surface area contributed by atoms with E-state index in [1.165, 1.54) is 11.3 Å². The van der Waals surface area contributed by atoms with Crippen LogP contribution in [-0.4, -0.2) is 25.8 Å². The molecule has 1 atom stereocenters. The lowest BCUT2D eigenvalue weighted by Gasteiger charge is -2.30. The SMILES string of the molecule is CCC1CCCN(S(=O)(=O)c2cc(CCl)cs2)C1. The van der Waals surface area contributed by atoms with E-state index in [1.54, 1.807) is 10.4 Å². The molecule has 1 aromatic rings. The molecule has 0 spiro atoms. The van der Waals surface area contributed by atoms with Crippen molar-refractivity contribution in [3.8, 4) is 0 Å². The molecule has 1 aliphatic heterocycles. The van der Waals surface area contributed by atoms with Crippen molar-refractivity contribution in [2.24, 2.45) is 5.92 Å². The molecule has 102 valence electrons. The predicted molar refractivity (Wildman–Crippen MR) is 75.6 cm³/mol. The van der Waals surface area contributed by atoms with Gasteiger partial charge >= 0.3 is 0 Å². The van der Waals surface area contributed by atoms with Gasteiger partial charge in [0.1, 0.15) is 4.21 Å². The van der Waals surface area contributed by atoms with Crippen molar-refractivity contribution in [2.45, 2.75) is 36.3 Å². The van der Waals surface area contributed by atoms with Crippen molar-refractivity contribution in [3.63, 3.8) is 0 Å². The minimum atomic E-state index is -3.30. The normalized spacial score (nSPS) is 22.2. The molecular formula is C12H18ClNO2S2. The average Bonchev–Trinajstić information content (AvgIpc) is 2.88. The van der Waals surface area contributed by atoms with Crippen molar-refractivity contribution in [3.05, 3.63) is 17.0 Å². The highest BCUT2D eigenvalue weighted by molar-refractivity contribution is 7.91. The summed E-state index contributed by atoms with van der Waals surface area (Å²) in [5, 5.41) is 1.82. The van der Waals surface area contributed by atoms with Crippen molar-refractivity contribution >= 4 is 33.0 Å². The van der Waals surface area contributed by atoms with Gasteiger partial charge in [-0.15, -0.1) is 22.9 Å². The average molecular weight is 308 g/mol. The van der Waals surface area contributed by atoms with Gasteiger partial charge in [0.15, 0.2) is 0 Å². The maximum Gasteiger partial charge on any atom is 0.252 e. The minimum absolute atomic E-state index is 0.365. The second-order valence-corrected chi connectivity index (χ2v) is 8.03. The maximum absolute atomic E-state index is 12.5. The molecule has 0 aromatic carbocycles. The van der Waals surface area contributed by atoms with Crippen LogP contribution in [0.15, 0.2) is 15.7 Å². The highest BCUT2D eigenvalue weighted by Gasteiger charge is 2.30. The van der Waals surface area contributed by atoms with E-state index in [2.05, 4.69) is 6.92 Å². The maximum atomic E-state index is 12.5. The molecule has 18 heavy (non-hydrogen) atoms.